The Bertz CT molecular complexity index is 212. The van der Waals surface area contributed by atoms with E-state index in [9.17, 15) is 0 Å². The largest absolute Gasteiger partial charge is 0.516 e. The summed E-state index contributed by atoms with van der Waals surface area (Å²) in [6, 6.07) is 0. The zero-order valence-electron chi connectivity index (χ0n) is 7.49. The molecule has 2 N–H and O–H groups in total. The van der Waals surface area contributed by atoms with Gasteiger partial charge in [-0.2, -0.15) is 0 Å². The number of nitrogens with one attached hydrogen (secondary N) is 1. The summed E-state index contributed by atoms with van der Waals surface area (Å²) in [6.07, 6.45) is 12.0. The fourth-order valence-electron chi connectivity index (χ4n) is 0.693. The molecule has 0 atom stereocenters. The van der Waals surface area contributed by atoms with Crippen LogP contribution in [0.3, 0.4) is 0 Å². The minimum atomic E-state index is 1.01. The summed E-state index contributed by atoms with van der Waals surface area (Å²) < 4.78 is 0. The van der Waals surface area contributed by atoms with Crippen molar-refractivity contribution in [3.63, 3.8) is 0 Å². The van der Waals surface area contributed by atoms with Crippen LogP contribution in [0.15, 0.2) is 48.4 Å². The molecule has 0 bridgehead atoms. The molecule has 0 aliphatic heterocycles. The van der Waals surface area contributed by atoms with Crippen molar-refractivity contribution >= 4 is 0 Å². The van der Waals surface area contributed by atoms with Gasteiger partial charge >= 0.3 is 0 Å². The lowest BCUT2D eigenvalue weighted by Crippen LogP contribution is -1.91. The summed E-state index contributed by atoms with van der Waals surface area (Å²) in [4.78, 5) is 0. The van der Waals surface area contributed by atoms with Gasteiger partial charge in [-0.25, -0.2) is 0 Å². The van der Waals surface area contributed by atoms with Crippen molar-refractivity contribution in [2.75, 3.05) is 7.05 Å². The first-order valence-electron chi connectivity index (χ1n) is 3.82. The van der Waals surface area contributed by atoms with Crippen LogP contribution in [0.1, 0.15) is 6.92 Å². The molecule has 2 nitrogen and oxygen atoms in total. The van der Waals surface area contributed by atoms with Gasteiger partial charge in [0.05, 0.1) is 6.26 Å². The molecule has 0 unspecified atom stereocenters. The van der Waals surface area contributed by atoms with Gasteiger partial charge in [0.15, 0.2) is 0 Å². The van der Waals surface area contributed by atoms with E-state index < -0.39 is 0 Å². The van der Waals surface area contributed by atoms with Gasteiger partial charge in [-0.15, -0.1) is 0 Å². The molecule has 0 heterocycles. The van der Waals surface area contributed by atoms with Crippen molar-refractivity contribution in [2.24, 2.45) is 0 Å². The van der Waals surface area contributed by atoms with Crippen LogP contribution in [-0.2, 0) is 0 Å². The van der Waals surface area contributed by atoms with Crippen molar-refractivity contribution in [1.82, 2.24) is 5.32 Å². The molecular formula is C10H15NO. The molecule has 0 radical (unpaired) electrons. The van der Waals surface area contributed by atoms with Gasteiger partial charge in [-0.05, 0) is 30.8 Å². The molecule has 0 fully saturated rings. The SMILES string of the molecule is C/C=C/C(/C=C\NC)=C/C=C/O. The Morgan fingerprint density at radius 2 is 2.08 bits per heavy atom. The quantitative estimate of drug-likeness (QED) is 0.495. The Morgan fingerprint density at radius 1 is 1.33 bits per heavy atom. The first-order chi connectivity index (χ1) is 5.85. The third kappa shape index (κ3) is 5.35. The van der Waals surface area contributed by atoms with Crippen molar-refractivity contribution in [1.29, 1.82) is 0 Å². The van der Waals surface area contributed by atoms with Crippen LogP contribution in [0.4, 0.5) is 0 Å². The van der Waals surface area contributed by atoms with Gasteiger partial charge < -0.3 is 10.4 Å². The Hall–Kier alpha value is -1.44. The van der Waals surface area contributed by atoms with Crippen LogP contribution in [0.5, 0.6) is 0 Å². The van der Waals surface area contributed by atoms with Crippen LogP contribution in [0.2, 0.25) is 0 Å². The van der Waals surface area contributed by atoms with Gasteiger partial charge in [-0.3, -0.25) is 0 Å². The highest BCUT2D eigenvalue weighted by Gasteiger charge is 1.80. The fraction of sp³-hybridized carbons (Fsp3) is 0.200. The number of rotatable bonds is 4. The van der Waals surface area contributed by atoms with Gasteiger partial charge in [0.1, 0.15) is 0 Å². The molecule has 12 heavy (non-hydrogen) atoms. The predicted molar refractivity (Wildman–Crippen MR) is 52.9 cm³/mol. The maximum Gasteiger partial charge on any atom is 0.0791 e. The molecule has 0 aromatic rings. The predicted octanol–water partition coefficient (Wildman–Crippen LogP) is 2.29. The van der Waals surface area contributed by atoms with E-state index >= 15 is 0 Å². The van der Waals surface area contributed by atoms with Gasteiger partial charge in [0.25, 0.3) is 0 Å². The van der Waals surface area contributed by atoms with E-state index in [-0.39, 0.29) is 0 Å². The van der Waals surface area contributed by atoms with Crippen LogP contribution < -0.4 is 5.32 Å². The number of hydrogen-bond donors (Lipinski definition) is 2. The number of aliphatic hydroxyl groups is 1. The number of aliphatic hydroxyl groups excluding tert-OH is 1. The molecule has 2 heteroatoms. The molecule has 0 saturated carbocycles. The van der Waals surface area contributed by atoms with Crippen molar-refractivity contribution < 1.29 is 5.11 Å². The Labute approximate surface area is 73.6 Å². The number of hydrogen-bond acceptors (Lipinski definition) is 2. The average Bonchev–Trinajstić information content (AvgIpc) is 2.10. The molecule has 0 aromatic carbocycles. The zero-order valence-corrected chi connectivity index (χ0v) is 7.49. The van der Waals surface area contributed by atoms with Crippen molar-refractivity contribution in [3.05, 3.63) is 48.4 Å². The summed E-state index contributed by atoms with van der Waals surface area (Å²) >= 11 is 0. The van der Waals surface area contributed by atoms with E-state index in [1.807, 2.05) is 44.5 Å². The van der Waals surface area contributed by atoms with Gasteiger partial charge in [0.2, 0.25) is 0 Å². The first kappa shape index (κ1) is 10.6. The van der Waals surface area contributed by atoms with Crippen LogP contribution >= 0.6 is 0 Å². The van der Waals surface area contributed by atoms with E-state index in [1.165, 1.54) is 0 Å². The summed E-state index contributed by atoms with van der Waals surface area (Å²) in [5.74, 6) is 0. The van der Waals surface area contributed by atoms with Gasteiger partial charge in [-0.1, -0.05) is 18.2 Å². The van der Waals surface area contributed by atoms with E-state index in [2.05, 4.69) is 5.32 Å². The molecule has 0 aliphatic carbocycles. The third-order valence-corrected chi connectivity index (χ3v) is 1.18. The lowest BCUT2D eigenvalue weighted by molar-refractivity contribution is 0.473. The molecule has 0 saturated heterocycles. The second-order valence-corrected chi connectivity index (χ2v) is 2.13. The van der Waals surface area contributed by atoms with Crippen molar-refractivity contribution in [2.45, 2.75) is 6.92 Å². The summed E-state index contributed by atoms with van der Waals surface area (Å²) in [5.41, 5.74) is 1.03. The Morgan fingerprint density at radius 3 is 2.58 bits per heavy atom. The Kier molecular flexibility index (Phi) is 6.74. The highest BCUT2D eigenvalue weighted by atomic mass is 16.2. The zero-order chi connectivity index (χ0) is 9.23. The topological polar surface area (TPSA) is 32.3 Å². The monoisotopic (exact) mass is 165 g/mol. The fourth-order valence-corrected chi connectivity index (χ4v) is 0.693. The average molecular weight is 165 g/mol. The highest BCUT2D eigenvalue weighted by molar-refractivity contribution is 5.32. The summed E-state index contributed by atoms with van der Waals surface area (Å²) in [7, 11) is 1.84. The summed E-state index contributed by atoms with van der Waals surface area (Å²) in [6.45, 7) is 1.95. The van der Waals surface area contributed by atoms with E-state index in [0.717, 1.165) is 11.8 Å². The second-order valence-electron chi connectivity index (χ2n) is 2.13. The molecule has 66 valence electrons. The van der Waals surface area contributed by atoms with Crippen LogP contribution in [0.25, 0.3) is 0 Å². The normalized spacial score (nSPS) is 13.7. The minimum absolute atomic E-state index is 1.01. The first-order valence-corrected chi connectivity index (χ1v) is 3.82. The van der Waals surface area contributed by atoms with Crippen LogP contribution in [0, 0.1) is 0 Å². The second kappa shape index (κ2) is 7.66. The van der Waals surface area contributed by atoms with Crippen LogP contribution in [-0.4, -0.2) is 12.2 Å². The molecule has 0 rings (SSSR count). The summed E-state index contributed by atoms with van der Waals surface area (Å²) in [5, 5.41) is 11.3. The molecule has 0 aromatic heterocycles. The van der Waals surface area contributed by atoms with E-state index in [1.54, 1.807) is 6.08 Å². The molecule has 0 aliphatic rings. The third-order valence-electron chi connectivity index (χ3n) is 1.18. The lowest BCUT2D eigenvalue weighted by atomic mass is 10.2. The maximum atomic E-state index is 8.42. The minimum Gasteiger partial charge on any atom is -0.516 e. The highest BCUT2D eigenvalue weighted by Crippen LogP contribution is 1.98. The van der Waals surface area contributed by atoms with Crippen molar-refractivity contribution in [3.8, 4) is 0 Å². The van der Waals surface area contributed by atoms with E-state index in [4.69, 9.17) is 5.11 Å². The maximum absolute atomic E-state index is 8.42. The standard InChI is InChI=1S/C10H15NO/c1-3-5-10(6-4-9-12)7-8-11-2/h3-9,11-12H,1-2H3/b5-3+,8-7-,9-4+,10-6-. The molecule has 0 spiro atoms. The molecular weight excluding hydrogens is 150 g/mol. The Balaban J connectivity index is 4.32. The molecule has 0 amide bonds. The van der Waals surface area contributed by atoms with E-state index in [0.29, 0.717) is 0 Å². The number of allylic oxidation sites excluding steroid dienone is 6. The lowest BCUT2D eigenvalue weighted by Gasteiger charge is -1.90. The smallest absolute Gasteiger partial charge is 0.0791 e. The van der Waals surface area contributed by atoms with Gasteiger partial charge in [0, 0.05) is 7.05 Å².